The second-order valence-electron chi connectivity index (χ2n) is 7.70. The lowest BCUT2D eigenvalue weighted by Crippen LogP contribution is -2.09. The van der Waals surface area contributed by atoms with Gasteiger partial charge in [0.15, 0.2) is 5.52 Å². The fourth-order valence-corrected chi connectivity index (χ4v) is 5.03. The Morgan fingerprint density at radius 2 is 1.71 bits per heavy atom. The molecular formula is C21H26N5O8P. The van der Waals surface area contributed by atoms with Crippen molar-refractivity contribution in [2.45, 2.75) is 39.0 Å². The smallest absolute Gasteiger partial charge is 0.379 e. The summed E-state index contributed by atoms with van der Waals surface area (Å²) in [6.45, 7) is 2.59. The molecule has 0 aliphatic heterocycles. The van der Waals surface area contributed by atoms with Crippen LogP contribution in [0.3, 0.4) is 0 Å². The highest BCUT2D eigenvalue weighted by Crippen LogP contribution is 2.49. The standard InChI is InChI=1S/C21H26N5O8P/c1-2-3-4-5-15-35(31,33-17-9-7-16(8-10-17)25(27)28)32-14-6-13-22-18-11-12-19(26(29)30)21-20(18)23-34-24-21/h7-12,22H,2-6,13-15H2,1H3. The lowest BCUT2D eigenvalue weighted by atomic mass is 10.2. The second kappa shape index (κ2) is 12.2. The summed E-state index contributed by atoms with van der Waals surface area (Å²) >= 11 is 0. The predicted molar refractivity (Wildman–Crippen MR) is 128 cm³/mol. The van der Waals surface area contributed by atoms with Crippen LogP contribution in [0.25, 0.3) is 11.0 Å². The van der Waals surface area contributed by atoms with Crippen molar-refractivity contribution in [3.63, 3.8) is 0 Å². The number of nitro benzene ring substituents is 2. The van der Waals surface area contributed by atoms with Crippen molar-refractivity contribution in [3.05, 3.63) is 56.6 Å². The fourth-order valence-electron chi connectivity index (χ4n) is 3.30. The molecule has 0 spiro atoms. The number of hydrogen-bond donors (Lipinski definition) is 1. The van der Waals surface area contributed by atoms with Gasteiger partial charge in [-0.25, -0.2) is 9.19 Å². The molecule has 3 aromatic rings. The topological polar surface area (TPSA) is 173 Å². The van der Waals surface area contributed by atoms with E-state index in [1.54, 1.807) is 0 Å². The van der Waals surface area contributed by atoms with Crippen LogP contribution in [0.15, 0.2) is 41.0 Å². The summed E-state index contributed by atoms with van der Waals surface area (Å²) in [6.07, 6.45) is 4.25. The van der Waals surface area contributed by atoms with E-state index >= 15 is 0 Å². The Bertz CT molecular complexity index is 1200. The van der Waals surface area contributed by atoms with Crippen molar-refractivity contribution in [2.24, 2.45) is 0 Å². The highest BCUT2D eigenvalue weighted by molar-refractivity contribution is 7.54. The van der Waals surface area contributed by atoms with E-state index in [1.165, 1.54) is 36.4 Å². The molecule has 0 aliphatic carbocycles. The minimum absolute atomic E-state index is 0.0457. The van der Waals surface area contributed by atoms with E-state index in [4.69, 9.17) is 9.05 Å². The lowest BCUT2D eigenvalue weighted by molar-refractivity contribution is -0.384. The van der Waals surface area contributed by atoms with Gasteiger partial charge in [-0.15, -0.1) is 0 Å². The molecule has 14 heteroatoms. The van der Waals surface area contributed by atoms with E-state index in [0.29, 0.717) is 25.1 Å². The molecule has 1 aromatic heterocycles. The Morgan fingerprint density at radius 1 is 0.971 bits per heavy atom. The summed E-state index contributed by atoms with van der Waals surface area (Å²) < 4.78 is 29.3. The number of unbranched alkanes of at least 4 members (excludes halogenated alkanes) is 3. The second-order valence-corrected chi connectivity index (χ2v) is 9.81. The predicted octanol–water partition coefficient (Wildman–Crippen LogP) is 5.71. The molecule has 0 amide bonds. The number of rotatable bonds is 15. The third-order valence-corrected chi connectivity index (χ3v) is 7.02. The summed E-state index contributed by atoms with van der Waals surface area (Å²) in [4.78, 5) is 20.9. The monoisotopic (exact) mass is 507 g/mol. The highest BCUT2D eigenvalue weighted by atomic mass is 31.2. The number of hydrogen-bond acceptors (Lipinski definition) is 11. The number of anilines is 1. The molecule has 35 heavy (non-hydrogen) atoms. The zero-order valence-corrected chi connectivity index (χ0v) is 20.0. The largest absolute Gasteiger partial charge is 0.424 e. The van der Waals surface area contributed by atoms with E-state index in [9.17, 15) is 24.8 Å². The maximum Gasteiger partial charge on any atom is 0.379 e. The van der Waals surface area contributed by atoms with Crippen LogP contribution in [0.1, 0.15) is 39.0 Å². The van der Waals surface area contributed by atoms with Gasteiger partial charge in [-0.3, -0.25) is 24.8 Å². The molecule has 2 aromatic carbocycles. The summed E-state index contributed by atoms with van der Waals surface area (Å²) in [5, 5.41) is 32.3. The zero-order valence-electron chi connectivity index (χ0n) is 19.1. The van der Waals surface area contributed by atoms with Crippen molar-refractivity contribution in [1.82, 2.24) is 10.3 Å². The third-order valence-electron chi connectivity index (χ3n) is 5.09. The van der Waals surface area contributed by atoms with Crippen molar-refractivity contribution in [2.75, 3.05) is 24.6 Å². The number of nitro groups is 2. The van der Waals surface area contributed by atoms with E-state index < -0.39 is 17.4 Å². The quantitative estimate of drug-likeness (QED) is 0.115. The molecule has 0 saturated heterocycles. The number of nitrogens with zero attached hydrogens (tertiary/aromatic N) is 4. The average Bonchev–Trinajstić information content (AvgIpc) is 3.32. The van der Waals surface area contributed by atoms with Gasteiger partial charge in [-0.05, 0) is 41.4 Å². The molecule has 1 heterocycles. The number of fused-ring (bicyclic) bond motifs is 1. The van der Waals surface area contributed by atoms with Crippen molar-refractivity contribution in [3.8, 4) is 5.75 Å². The Morgan fingerprint density at radius 3 is 2.40 bits per heavy atom. The Labute approximate surface area is 200 Å². The van der Waals surface area contributed by atoms with Gasteiger partial charge in [0.05, 0.1) is 28.3 Å². The van der Waals surface area contributed by atoms with Gasteiger partial charge in [0.2, 0.25) is 5.52 Å². The van der Waals surface area contributed by atoms with Crippen molar-refractivity contribution < 1.29 is 28.1 Å². The van der Waals surface area contributed by atoms with Crippen LogP contribution in [0.4, 0.5) is 17.1 Å². The molecular weight excluding hydrogens is 481 g/mol. The van der Waals surface area contributed by atoms with Crippen LogP contribution in [-0.2, 0) is 9.09 Å². The molecule has 3 rings (SSSR count). The Balaban J connectivity index is 1.57. The first-order valence-electron chi connectivity index (χ1n) is 11.1. The molecule has 1 unspecified atom stereocenters. The summed E-state index contributed by atoms with van der Waals surface area (Å²) in [7, 11) is -3.49. The van der Waals surface area contributed by atoms with Crippen LogP contribution in [-0.4, -0.2) is 39.5 Å². The summed E-state index contributed by atoms with van der Waals surface area (Å²) in [5.74, 6) is 0.236. The number of non-ortho nitro benzene ring substituents is 2. The molecule has 188 valence electrons. The SMILES string of the molecule is CCCCCCP(=O)(OCCCNc1ccc([N+](=O)[O-])c2nonc12)Oc1ccc([N+](=O)[O-])cc1. The Kier molecular flexibility index (Phi) is 9.10. The number of aromatic nitrogens is 2. The van der Waals surface area contributed by atoms with Gasteiger partial charge < -0.3 is 9.84 Å². The highest BCUT2D eigenvalue weighted by Gasteiger charge is 2.26. The molecule has 0 aliphatic rings. The van der Waals surface area contributed by atoms with E-state index in [1.807, 2.05) is 0 Å². The minimum Gasteiger partial charge on any atom is -0.424 e. The van der Waals surface area contributed by atoms with Gasteiger partial charge in [-0.2, -0.15) is 0 Å². The summed E-state index contributed by atoms with van der Waals surface area (Å²) in [6, 6.07) is 8.19. The third kappa shape index (κ3) is 7.20. The maximum absolute atomic E-state index is 13.3. The lowest BCUT2D eigenvalue weighted by Gasteiger charge is -2.19. The normalized spacial score (nSPS) is 12.8. The average molecular weight is 507 g/mol. The van der Waals surface area contributed by atoms with Gasteiger partial charge >= 0.3 is 13.3 Å². The van der Waals surface area contributed by atoms with Crippen LogP contribution < -0.4 is 9.84 Å². The zero-order chi connectivity index (χ0) is 25.3. The van der Waals surface area contributed by atoms with E-state index in [-0.39, 0.29) is 40.9 Å². The van der Waals surface area contributed by atoms with Crippen molar-refractivity contribution in [1.29, 1.82) is 0 Å². The van der Waals surface area contributed by atoms with Gasteiger partial charge in [0.1, 0.15) is 5.75 Å². The Hall–Kier alpha value is -3.57. The number of nitrogens with one attached hydrogen (secondary N) is 1. The maximum atomic E-state index is 13.3. The number of benzene rings is 2. The first-order valence-corrected chi connectivity index (χ1v) is 12.9. The first-order chi connectivity index (χ1) is 16.8. The van der Waals surface area contributed by atoms with Crippen LogP contribution in [0, 0.1) is 20.2 Å². The molecule has 1 N–H and O–H groups in total. The minimum atomic E-state index is -3.49. The van der Waals surface area contributed by atoms with Gasteiger partial charge in [-0.1, -0.05) is 26.2 Å². The molecule has 13 nitrogen and oxygen atoms in total. The van der Waals surface area contributed by atoms with E-state index in [2.05, 4.69) is 27.2 Å². The molecule has 1 atom stereocenters. The van der Waals surface area contributed by atoms with Crippen LogP contribution in [0.2, 0.25) is 0 Å². The van der Waals surface area contributed by atoms with Gasteiger partial charge in [0.25, 0.3) is 5.69 Å². The van der Waals surface area contributed by atoms with E-state index in [0.717, 1.165) is 19.3 Å². The summed E-state index contributed by atoms with van der Waals surface area (Å²) in [5.41, 5.74) is 0.497. The molecule has 0 fully saturated rings. The first kappa shape index (κ1) is 26.0. The van der Waals surface area contributed by atoms with Crippen LogP contribution >= 0.6 is 7.60 Å². The molecule has 0 saturated carbocycles. The fraction of sp³-hybridized carbons (Fsp3) is 0.429. The van der Waals surface area contributed by atoms with Crippen molar-refractivity contribution >= 4 is 35.7 Å². The van der Waals surface area contributed by atoms with Gasteiger partial charge in [0, 0.05) is 24.7 Å². The van der Waals surface area contributed by atoms with Crippen LogP contribution in [0.5, 0.6) is 5.75 Å². The molecule has 0 radical (unpaired) electrons. The molecule has 0 bridgehead atoms.